The Morgan fingerprint density at radius 1 is 1.73 bits per heavy atom. The number of primary amides is 1. The van der Waals surface area contributed by atoms with Gasteiger partial charge in [0.05, 0.1) is 12.6 Å². The van der Waals surface area contributed by atoms with E-state index >= 15 is 0 Å². The second kappa shape index (κ2) is 4.27. The Balaban J connectivity index is 2.07. The van der Waals surface area contributed by atoms with E-state index in [9.17, 15) is 4.79 Å². The Bertz CT molecular complexity index is 361. The van der Waals surface area contributed by atoms with E-state index in [1.807, 2.05) is 0 Å². The number of nitrogens with two attached hydrogens (primary N) is 1. The molecule has 0 aliphatic carbocycles. The molecule has 79 valence electrons. The van der Waals surface area contributed by atoms with Gasteiger partial charge >= 0.3 is 0 Å². The van der Waals surface area contributed by atoms with Crippen LogP contribution in [0.5, 0.6) is 0 Å². The number of anilines is 1. The Kier molecular flexibility index (Phi) is 2.82. The molecule has 1 radical (unpaired) electrons. The summed E-state index contributed by atoms with van der Waals surface area (Å²) in [5.74, 6) is 0.0689. The summed E-state index contributed by atoms with van der Waals surface area (Å²) in [5, 5.41) is 3.17. The van der Waals surface area contributed by atoms with Crippen molar-refractivity contribution in [2.45, 2.75) is 12.5 Å². The van der Waals surface area contributed by atoms with Gasteiger partial charge in [-0.15, -0.1) is 0 Å². The van der Waals surface area contributed by atoms with Gasteiger partial charge in [0.15, 0.2) is 0 Å². The number of nitrogens with one attached hydrogen (secondary N) is 1. The lowest BCUT2D eigenvalue weighted by Crippen LogP contribution is -2.21. The number of amides is 1. The SMILES string of the molecule is NC(=O)c1[c]ccc(NC2CCOC2)n1. The number of nitrogens with zero attached hydrogens (tertiary/aromatic N) is 1. The quantitative estimate of drug-likeness (QED) is 0.739. The van der Waals surface area contributed by atoms with Crippen LogP contribution in [0.25, 0.3) is 0 Å². The van der Waals surface area contributed by atoms with Gasteiger partial charge in [-0.2, -0.15) is 0 Å². The molecule has 2 rings (SSSR count). The lowest BCUT2D eigenvalue weighted by Gasteiger charge is -2.11. The summed E-state index contributed by atoms with van der Waals surface area (Å²) in [5.41, 5.74) is 5.26. The summed E-state index contributed by atoms with van der Waals surface area (Å²) in [7, 11) is 0. The highest BCUT2D eigenvalue weighted by atomic mass is 16.5. The number of carbonyl (C=O) groups is 1. The van der Waals surface area contributed by atoms with Gasteiger partial charge in [-0.25, -0.2) is 4.98 Å². The minimum absolute atomic E-state index is 0.152. The second-order valence-corrected chi connectivity index (χ2v) is 3.39. The molecule has 0 bridgehead atoms. The van der Waals surface area contributed by atoms with E-state index in [-0.39, 0.29) is 11.7 Å². The molecule has 1 aromatic heterocycles. The van der Waals surface area contributed by atoms with Gasteiger partial charge in [0.2, 0.25) is 0 Å². The number of ether oxygens (including phenoxy) is 1. The molecule has 1 fully saturated rings. The maximum absolute atomic E-state index is 10.9. The van der Waals surface area contributed by atoms with Gasteiger partial charge in [-0.3, -0.25) is 4.79 Å². The first kappa shape index (κ1) is 9.92. The van der Waals surface area contributed by atoms with Crippen LogP contribution in [0.4, 0.5) is 5.82 Å². The van der Waals surface area contributed by atoms with Crippen molar-refractivity contribution >= 4 is 11.7 Å². The summed E-state index contributed by atoms with van der Waals surface area (Å²) >= 11 is 0. The molecule has 0 saturated carbocycles. The lowest BCUT2D eigenvalue weighted by atomic mass is 10.2. The fraction of sp³-hybridized carbons (Fsp3) is 0.400. The third kappa shape index (κ3) is 2.44. The molecule has 1 saturated heterocycles. The van der Waals surface area contributed by atoms with E-state index in [1.165, 1.54) is 0 Å². The van der Waals surface area contributed by atoms with Gasteiger partial charge in [-0.1, -0.05) is 0 Å². The van der Waals surface area contributed by atoms with Crippen LogP contribution in [-0.4, -0.2) is 30.1 Å². The van der Waals surface area contributed by atoms with E-state index in [2.05, 4.69) is 16.4 Å². The fourth-order valence-electron chi connectivity index (χ4n) is 1.45. The van der Waals surface area contributed by atoms with E-state index in [0.29, 0.717) is 12.4 Å². The molecule has 1 aromatic rings. The number of aromatic nitrogens is 1. The van der Waals surface area contributed by atoms with Crippen LogP contribution >= 0.6 is 0 Å². The minimum Gasteiger partial charge on any atom is -0.379 e. The zero-order valence-electron chi connectivity index (χ0n) is 8.19. The molecule has 2 heterocycles. The highest BCUT2D eigenvalue weighted by Gasteiger charge is 2.15. The van der Waals surface area contributed by atoms with Crippen LogP contribution in [0, 0.1) is 6.07 Å². The zero-order valence-corrected chi connectivity index (χ0v) is 8.19. The molecule has 1 aliphatic rings. The van der Waals surface area contributed by atoms with Crippen molar-refractivity contribution in [1.29, 1.82) is 0 Å². The first-order valence-electron chi connectivity index (χ1n) is 4.78. The summed E-state index contributed by atoms with van der Waals surface area (Å²) in [6, 6.07) is 6.33. The van der Waals surface area contributed by atoms with Crippen LogP contribution in [0.15, 0.2) is 12.1 Å². The smallest absolute Gasteiger partial charge is 0.268 e. The van der Waals surface area contributed by atoms with Crippen molar-refractivity contribution < 1.29 is 9.53 Å². The summed E-state index contributed by atoms with van der Waals surface area (Å²) < 4.78 is 5.22. The van der Waals surface area contributed by atoms with Crippen molar-refractivity contribution in [3.8, 4) is 0 Å². The number of hydrogen-bond acceptors (Lipinski definition) is 4. The van der Waals surface area contributed by atoms with Crippen molar-refractivity contribution in [3.63, 3.8) is 0 Å². The molecular formula is C10H12N3O2. The molecule has 3 N–H and O–H groups in total. The first-order valence-corrected chi connectivity index (χ1v) is 4.78. The summed E-state index contributed by atoms with van der Waals surface area (Å²) in [4.78, 5) is 14.9. The largest absolute Gasteiger partial charge is 0.379 e. The predicted molar refractivity (Wildman–Crippen MR) is 54.4 cm³/mol. The Hall–Kier alpha value is -1.62. The molecular weight excluding hydrogens is 194 g/mol. The average Bonchev–Trinajstić information content (AvgIpc) is 2.71. The van der Waals surface area contributed by atoms with Gasteiger partial charge in [0, 0.05) is 12.7 Å². The zero-order chi connectivity index (χ0) is 10.7. The molecule has 1 aliphatic heterocycles. The topological polar surface area (TPSA) is 77.2 Å². The third-order valence-electron chi connectivity index (χ3n) is 2.21. The molecule has 1 atom stereocenters. The molecule has 5 nitrogen and oxygen atoms in total. The molecule has 1 amide bonds. The third-order valence-corrected chi connectivity index (χ3v) is 2.21. The fourth-order valence-corrected chi connectivity index (χ4v) is 1.45. The number of pyridine rings is 1. The number of hydrogen-bond donors (Lipinski definition) is 2. The molecule has 0 aromatic carbocycles. The van der Waals surface area contributed by atoms with E-state index in [4.69, 9.17) is 10.5 Å². The van der Waals surface area contributed by atoms with E-state index < -0.39 is 5.91 Å². The summed E-state index contributed by atoms with van der Waals surface area (Å²) in [6.45, 7) is 1.44. The highest BCUT2D eigenvalue weighted by molar-refractivity contribution is 5.90. The second-order valence-electron chi connectivity index (χ2n) is 3.39. The average molecular weight is 206 g/mol. The number of carbonyl (C=O) groups excluding carboxylic acids is 1. The van der Waals surface area contributed by atoms with E-state index in [1.54, 1.807) is 12.1 Å². The van der Waals surface area contributed by atoms with Gasteiger partial charge in [0.25, 0.3) is 5.91 Å². The number of rotatable bonds is 3. The van der Waals surface area contributed by atoms with Crippen LogP contribution in [-0.2, 0) is 4.74 Å². The predicted octanol–water partition coefficient (Wildman–Crippen LogP) is 0.181. The van der Waals surface area contributed by atoms with Crippen molar-refractivity contribution in [2.24, 2.45) is 5.73 Å². The summed E-state index contributed by atoms with van der Waals surface area (Å²) in [6.07, 6.45) is 0.951. The van der Waals surface area contributed by atoms with Gasteiger partial charge in [0.1, 0.15) is 11.5 Å². The molecule has 1 unspecified atom stereocenters. The Morgan fingerprint density at radius 3 is 3.27 bits per heavy atom. The van der Waals surface area contributed by atoms with Crippen LogP contribution in [0.2, 0.25) is 0 Å². The normalized spacial score (nSPS) is 20.1. The Labute approximate surface area is 87.6 Å². The van der Waals surface area contributed by atoms with Gasteiger partial charge in [-0.05, 0) is 18.6 Å². The van der Waals surface area contributed by atoms with Crippen molar-refractivity contribution in [3.05, 3.63) is 23.9 Å². The highest BCUT2D eigenvalue weighted by Crippen LogP contribution is 2.11. The lowest BCUT2D eigenvalue weighted by molar-refractivity contribution is 0.0995. The van der Waals surface area contributed by atoms with Crippen LogP contribution in [0.3, 0.4) is 0 Å². The maximum atomic E-state index is 10.9. The monoisotopic (exact) mass is 206 g/mol. The Morgan fingerprint density at radius 2 is 2.60 bits per heavy atom. The standard InChI is InChI=1S/C10H12N3O2/c11-10(14)8-2-1-3-9(13-8)12-7-4-5-15-6-7/h1,3,7H,4-6H2,(H2,11,14)(H,12,13). The van der Waals surface area contributed by atoms with Crippen molar-refractivity contribution in [2.75, 3.05) is 18.5 Å². The van der Waals surface area contributed by atoms with Crippen LogP contribution in [0.1, 0.15) is 16.9 Å². The van der Waals surface area contributed by atoms with Crippen LogP contribution < -0.4 is 11.1 Å². The molecule has 0 spiro atoms. The maximum Gasteiger partial charge on any atom is 0.268 e. The first-order chi connectivity index (χ1) is 7.25. The minimum atomic E-state index is -0.568. The van der Waals surface area contributed by atoms with Gasteiger partial charge < -0.3 is 15.8 Å². The van der Waals surface area contributed by atoms with Crippen molar-refractivity contribution in [1.82, 2.24) is 4.98 Å². The van der Waals surface area contributed by atoms with E-state index in [0.717, 1.165) is 13.0 Å². The molecule has 5 heteroatoms. The molecule has 15 heavy (non-hydrogen) atoms.